The Balaban J connectivity index is 1.65. The SMILES string of the molecule is CC(C)n1ncnc1CC(O)C1C2CCCC21. The topological polar surface area (TPSA) is 50.9 Å². The quantitative estimate of drug-likeness (QED) is 0.866. The van der Waals surface area contributed by atoms with E-state index in [1.807, 2.05) is 4.68 Å². The van der Waals surface area contributed by atoms with Crippen LogP contribution in [0.2, 0.25) is 0 Å². The molecule has 2 fully saturated rings. The van der Waals surface area contributed by atoms with Crippen LogP contribution in [0.15, 0.2) is 6.33 Å². The van der Waals surface area contributed by atoms with Crippen molar-refractivity contribution in [2.75, 3.05) is 0 Å². The van der Waals surface area contributed by atoms with E-state index in [1.54, 1.807) is 6.33 Å². The van der Waals surface area contributed by atoms with Gasteiger partial charge in [-0.05, 0) is 44.4 Å². The fourth-order valence-electron chi connectivity index (χ4n) is 3.62. The molecule has 0 saturated heterocycles. The van der Waals surface area contributed by atoms with Gasteiger partial charge >= 0.3 is 0 Å². The molecule has 2 aliphatic carbocycles. The number of fused-ring (bicyclic) bond motifs is 1. The van der Waals surface area contributed by atoms with Crippen LogP contribution in [-0.4, -0.2) is 26.0 Å². The van der Waals surface area contributed by atoms with Gasteiger partial charge in [0.25, 0.3) is 0 Å². The highest BCUT2D eigenvalue weighted by Gasteiger charge is 2.55. The van der Waals surface area contributed by atoms with Gasteiger partial charge in [-0.3, -0.25) is 0 Å². The second-order valence-electron chi connectivity index (χ2n) is 5.82. The summed E-state index contributed by atoms with van der Waals surface area (Å²) in [6, 6.07) is 0.318. The standard InChI is InChI=1S/C13H21N3O/c1-8(2)16-12(14-7-15-16)6-11(17)13-9-4-3-5-10(9)13/h7-11,13,17H,3-6H2,1-2H3. The van der Waals surface area contributed by atoms with E-state index in [-0.39, 0.29) is 6.10 Å². The van der Waals surface area contributed by atoms with E-state index in [9.17, 15) is 5.11 Å². The highest BCUT2D eigenvalue weighted by Crippen LogP contribution is 2.59. The summed E-state index contributed by atoms with van der Waals surface area (Å²) in [5.74, 6) is 3.08. The zero-order chi connectivity index (χ0) is 12.0. The first-order valence-electron chi connectivity index (χ1n) is 6.75. The van der Waals surface area contributed by atoms with E-state index in [2.05, 4.69) is 23.9 Å². The molecule has 4 heteroatoms. The van der Waals surface area contributed by atoms with E-state index < -0.39 is 0 Å². The highest BCUT2D eigenvalue weighted by molar-refractivity contribution is 5.06. The minimum Gasteiger partial charge on any atom is -0.392 e. The van der Waals surface area contributed by atoms with Crippen molar-refractivity contribution in [3.8, 4) is 0 Å². The van der Waals surface area contributed by atoms with Crippen molar-refractivity contribution in [2.45, 2.75) is 51.7 Å². The first-order valence-corrected chi connectivity index (χ1v) is 6.75. The molecule has 3 unspecified atom stereocenters. The van der Waals surface area contributed by atoms with Crippen LogP contribution in [0.1, 0.15) is 45.0 Å². The van der Waals surface area contributed by atoms with Gasteiger partial charge in [-0.2, -0.15) is 5.10 Å². The zero-order valence-corrected chi connectivity index (χ0v) is 10.6. The minimum absolute atomic E-state index is 0.216. The molecular weight excluding hydrogens is 214 g/mol. The van der Waals surface area contributed by atoms with E-state index in [4.69, 9.17) is 0 Å². The Bertz CT molecular complexity index is 391. The average molecular weight is 235 g/mol. The molecule has 1 heterocycles. The van der Waals surface area contributed by atoms with Crippen molar-refractivity contribution < 1.29 is 5.11 Å². The van der Waals surface area contributed by atoms with Crippen LogP contribution in [-0.2, 0) is 6.42 Å². The molecule has 1 aromatic rings. The van der Waals surface area contributed by atoms with Crippen LogP contribution in [0, 0.1) is 17.8 Å². The summed E-state index contributed by atoms with van der Waals surface area (Å²) in [4.78, 5) is 4.27. The van der Waals surface area contributed by atoms with Crippen LogP contribution in [0.25, 0.3) is 0 Å². The molecule has 4 nitrogen and oxygen atoms in total. The first-order chi connectivity index (χ1) is 8.18. The molecule has 94 valence electrons. The number of nitrogens with zero attached hydrogens (tertiary/aromatic N) is 3. The molecule has 2 aliphatic rings. The van der Waals surface area contributed by atoms with Crippen molar-refractivity contribution >= 4 is 0 Å². The summed E-state index contributed by atoms with van der Waals surface area (Å²) in [5.41, 5.74) is 0. The average Bonchev–Trinajstić information content (AvgIpc) is 2.71. The zero-order valence-electron chi connectivity index (χ0n) is 10.6. The summed E-state index contributed by atoms with van der Waals surface area (Å²) < 4.78 is 1.92. The Morgan fingerprint density at radius 3 is 2.76 bits per heavy atom. The van der Waals surface area contributed by atoms with Crippen molar-refractivity contribution in [3.63, 3.8) is 0 Å². The Hall–Kier alpha value is -0.900. The van der Waals surface area contributed by atoms with Gasteiger partial charge in [-0.25, -0.2) is 9.67 Å². The molecule has 1 N–H and O–H groups in total. The van der Waals surface area contributed by atoms with E-state index in [1.165, 1.54) is 19.3 Å². The highest BCUT2D eigenvalue weighted by atomic mass is 16.3. The molecule has 0 bridgehead atoms. The summed E-state index contributed by atoms with van der Waals surface area (Å²) in [5, 5.41) is 14.5. The predicted molar refractivity (Wildman–Crippen MR) is 64.4 cm³/mol. The van der Waals surface area contributed by atoms with E-state index in [0.717, 1.165) is 17.7 Å². The van der Waals surface area contributed by atoms with Crippen molar-refractivity contribution in [1.29, 1.82) is 0 Å². The molecule has 0 spiro atoms. The molecule has 2 saturated carbocycles. The normalized spacial score (nSPS) is 32.8. The van der Waals surface area contributed by atoms with Crippen molar-refractivity contribution in [1.82, 2.24) is 14.8 Å². The third kappa shape index (κ3) is 1.88. The third-order valence-electron chi connectivity index (χ3n) is 4.45. The largest absolute Gasteiger partial charge is 0.392 e. The first kappa shape index (κ1) is 11.2. The lowest BCUT2D eigenvalue weighted by Gasteiger charge is -2.14. The molecule has 1 aromatic heterocycles. The lowest BCUT2D eigenvalue weighted by atomic mass is 10.0. The molecule has 0 radical (unpaired) electrons. The van der Waals surface area contributed by atoms with Gasteiger partial charge in [-0.15, -0.1) is 0 Å². The van der Waals surface area contributed by atoms with Gasteiger partial charge in [0.2, 0.25) is 0 Å². The summed E-state index contributed by atoms with van der Waals surface area (Å²) in [6.45, 7) is 4.19. The van der Waals surface area contributed by atoms with E-state index in [0.29, 0.717) is 18.4 Å². The van der Waals surface area contributed by atoms with Crippen LogP contribution in [0.4, 0.5) is 0 Å². The van der Waals surface area contributed by atoms with Gasteiger partial charge in [-0.1, -0.05) is 6.42 Å². The summed E-state index contributed by atoms with van der Waals surface area (Å²) in [6.07, 6.45) is 6.05. The maximum atomic E-state index is 10.3. The van der Waals surface area contributed by atoms with Crippen molar-refractivity contribution in [3.05, 3.63) is 12.2 Å². The molecule has 0 aliphatic heterocycles. The summed E-state index contributed by atoms with van der Waals surface area (Å²) >= 11 is 0. The Kier molecular flexibility index (Phi) is 2.69. The van der Waals surface area contributed by atoms with Gasteiger partial charge < -0.3 is 5.11 Å². The van der Waals surface area contributed by atoms with Gasteiger partial charge in [0.15, 0.2) is 0 Å². The summed E-state index contributed by atoms with van der Waals surface area (Å²) in [7, 11) is 0. The van der Waals surface area contributed by atoms with Crippen LogP contribution < -0.4 is 0 Å². The van der Waals surface area contributed by atoms with Crippen LogP contribution >= 0.6 is 0 Å². The van der Waals surface area contributed by atoms with Gasteiger partial charge in [0.05, 0.1) is 6.10 Å². The van der Waals surface area contributed by atoms with Crippen LogP contribution in [0.3, 0.4) is 0 Å². The van der Waals surface area contributed by atoms with Gasteiger partial charge in [0, 0.05) is 12.5 Å². The lowest BCUT2D eigenvalue weighted by Crippen LogP contribution is -2.20. The number of rotatable bonds is 4. The minimum atomic E-state index is -0.216. The monoisotopic (exact) mass is 235 g/mol. The Labute approximate surface area is 102 Å². The number of aromatic nitrogens is 3. The molecule has 3 rings (SSSR count). The maximum Gasteiger partial charge on any atom is 0.138 e. The molecule has 0 aromatic carbocycles. The third-order valence-corrected chi connectivity index (χ3v) is 4.45. The molecule has 0 amide bonds. The number of hydrogen-bond donors (Lipinski definition) is 1. The van der Waals surface area contributed by atoms with Crippen molar-refractivity contribution in [2.24, 2.45) is 17.8 Å². The number of aliphatic hydroxyl groups excluding tert-OH is 1. The molecule has 17 heavy (non-hydrogen) atoms. The maximum absolute atomic E-state index is 10.3. The van der Waals surface area contributed by atoms with E-state index >= 15 is 0 Å². The smallest absolute Gasteiger partial charge is 0.138 e. The molecular formula is C13H21N3O. The molecule has 3 atom stereocenters. The number of hydrogen-bond acceptors (Lipinski definition) is 3. The Morgan fingerprint density at radius 2 is 2.12 bits per heavy atom. The predicted octanol–water partition coefficient (Wildman–Crippen LogP) is 1.81. The fourth-order valence-corrected chi connectivity index (χ4v) is 3.62. The second kappa shape index (κ2) is 4.09. The fraction of sp³-hybridized carbons (Fsp3) is 0.846. The number of aliphatic hydroxyl groups is 1. The second-order valence-corrected chi connectivity index (χ2v) is 5.82. The van der Waals surface area contributed by atoms with Gasteiger partial charge in [0.1, 0.15) is 12.2 Å². The lowest BCUT2D eigenvalue weighted by molar-refractivity contribution is 0.131. The van der Waals surface area contributed by atoms with Crippen LogP contribution in [0.5, 0.6) is 0 Å². The Morgan fingerprint density at radius 1 is 1.41 bits per heavy atom.